The van der Waals surface area contributed by atoms with Gasteiger partial charge in [0.25, 0.3) is 0 Å². The molecule has 4 aromatic rings. The number of benzene rings is 2. The van der Waals surface area contributed by atoms with Gasteiger partial charge in [-0.2, -0.15) is 5.26 Å². The number of aromatic nitrogens is 2. The zero-order valence-electron chi connectivity index (χ0n) is 15.5. The molecule has 0 bridgehead atoms. The Morgan fingerprint density at radius 1 is 1.07 bits per heavy atom. The maximum Gasteiger partial charge on any atom is 0.138 e. The zero-order valence-corrected chi connectivity index (χ0v) is 16.3. The van der Waals surface area contributed by atoms with Crippen molar-refractivity contribution in [3.8, 4) is 17.2 Å². The first-order chi connectivity index (χ1) is 14.2. The van der Waals surface area contributed by atoms with Gasteiger partial charge in [-0.3, -0.25) is 0 Å². The number of nitrogens with zero attached hydrogens (tertiary/aromatic N) is 3. The van der Waals surface area contributed by atoms with Gasteiger partial charge in [0.15, 0.2) is 0 Å². The number of anilines is 1. The number of rotatable bonds is 7. The Kier molecular flexibility index (Phi) is 5.75. The molecule has 0 aliphatic carbocycles. The third kappa shape index (κ3) is 4.40. The summed E-state index contributed by atoms with van der Waals surface area (Å²) in [5.41, 5.74) is 3.67. The smallest absolute Gasteiger partial charge is 0.138 e. The Morgan fingerprint density at radius 2 is 1.93 bits per heavy atom. The van der Waals surface area contributed by atoms with Crippen molar-refractivity contribution in [1.29, 1.82) is 5.26 Å². The first-order valence-corrected chi connectivity index (χ1v) is 10.0. The average molecular weight is 403 g/mol. The van der Waals surface area contributed by atoms with Crippen LogP contribution in [0.5, 0.6) is 0 Å². The van der Waals surface area contributed by atoms with Crippen LogP contribution in [-0.4, -0.2) is 23.1 Å². The van der Waals surface area contributed by atoms with Crippen molar-refractivity contribution in [2.45, 2.75) is 6.54 Å². The van der Waals surface area contributed by atoms with Gasteiger partial charge in [-0.1, -0.05) is 24.3 Å². The summed E-state index contributed by atoms with van der Waals surface area (Å²) in [5, 5.41) is 18.7. The fraction of sp³-hybridized carbons (Fsp3) is 0.136. The number of hydrogen-bond donors (Lipinski definition) is 2. The quantitative estimate of drug-likeness (QED) is 0.442. The molecule has 0 aliphatic heterocycles. The highest BCUT2D eigenvalue weighted by Crippen LogP contribution is 2.36. The minimum absolute atomic E-state index is 0.255. The molecule has 0 unspecified atom stereocenters. The van der Waals surface area contributed by atoms with Gasteiger partial charge in [-0.25, -0.2) is 14.4 Å². The topological polar surface area (TPSA) is 73.6 Å². The molecule has 7 heteroatoms. The van der Waals surface area contributed by atoms with Crippen LogP contribution in [0.25, 0.3) is 21.3 Å². The zero-order chi connectivity index (χ0) is 20.1. The van der Waals surface area contributed by atoms with Crippen LogP contribution in [-0.2, 0) is 6.54 Å². The standard InChI is InChI=1S/C22H18FN5S/c23-18-6-4-17(5-7-18)19-13-29-22-20(19)21(27-14-28-22)26-9-8-25-12-16-3-1-2-15(10-16)11-24/h1-7,10,13-14,25H,8-9,12H2,(H,26,27,28). The van der Waals surface area contributed by atoms with Gasteiger partial charge in [0.1, 0.15) is 22.8 Å². The fourth-order valence-corrected chi connectivity index (χ4v) is 4.02. The molecule has 0 saturated carbocycles. The highest BCUT2D eigenvalue weighted by atomic mass is 32.1. The van der Waals surface area contributed by atoms with Crippen LogP contribution in [0.4, 0.5) is 10.2 Å². The largest absolute Gasteiger partial charge is 0.368 e. The second-order valence-electron chi connectivity index (χ2n) is 6.47. The lowest BCUT2D eigenvalue weighted by atomic mass is 10.1. The SMILES string of the molecule is N#Cc1cccc(CNCCNc2ncnc3scc(-c4ccc(F)cc4)c23)c1. The van der Waals surface area contributed by atoms with Gasteiger partial charge in [-0.05, 0) is 35.4 Å². The van der Waals surface area contributed by atoms with Crippen LogP contribution in [0.2, 0.25) is 0 Å². The molecule has 0 fully saturated rings. The van der Waals surface area contributed by atoms with E-state index in [9.17, 15) is 4.39 Å². The van der Waals surface area contributed by atoms with E-state index in [4.69, 9.17) is 5.26 Å². The summed E-state index contributed by atoms with van der Waals surface area (Å²) in [7, 11) is 0. The molecule has 2 aromatic carbocycles. The molecule has 0 saturated heterocycles. The summed E-state index contributed by atoms with van der Waals surface area (Å²) < 4.78 is 13.3. The average Bonchev–Trinajstić information content (AvgIpc) is 3.19. The molecule has 0 atom stereocenters. The first-order valence-electron chi connectivity index (χ1n) is 9.16. The van der Waals surface area contributed by atoms with Gasteiger partial charge in [-0.15, -0.1) is 11.3 Å². The maximum atomic E-state index is 13.3. The number of hydrogen-bond acceptors (Lipinski definition) is 6. The predicted molar refractivity (Wildman–Crippen MR) is 114 cm³/mol. The molecule has 2 heterocycles. The van der Waals surface area contributed by atoms with Crippen LogP contribution >= 0.6 is 11.3 Å². The van der Waals surface area contributed by atoms with Crippen molar-refractivity contribution in [2.24, 2.45) is 0 Å². The van der Waals surface area contributed by atoms with E-state index in [2.05, 4.69) is 26.7 Å². The molecule has 0 radical (unpaired) electrons. The molecule has 0 spiro atoms. The Labute approximate surface area is 171 Å². The number of halogens is 1. The van der Waals surface area contributed by atoms with Crippen LogP contribution in [0.3, 0.4) is 0 Å². The summed E-state index contributed by atoms with van der Waals surface area (Å²) in [4.78, 5) is 9.66. The minimum atomic E-state index is -0.255. The van der Waals surface area contributed by atoms with Crippen LogP contribution in [0, 0.1) is 17.1 Å². The third-order valence-electron chi connectivity index (χ3n) is 4.50. The van der Waals surface area contributed by atoms with E-state index in [1.54, 1.807) is 35.9 Å². The van der Waals surface area contributed by atoms with Crippen molar-refractivity contribution in [3.05, 3.63) is 77.2 Å². The number of fused-ring (bicyclic) bond motifs is 1. The predicted octanol–water partition coefficient (Wildman–Crippen LogP) is 4.57. The van der Waals surface area contributed by atoms with Gasteiger partial charge < -0.3 is 10.6 Å². The normalized spacial score (nSPS) is 10.8. The summed E-state index contributed by atoms with van der Waals surface area (Å²) in [5.74, 6) is 0.512. The van der Waals surface area contributed by atoms with Gasteiger partial charge in [0.2, 0.25) is 0 Å². The number of nitrogens with one attached hydrogen (secondary N) is 2. The lowest BCUT2D eigenvalue weighted by Gasteiger charge is -2.09. The van der Waals surface area contributed by atoms with Crippen LogP contribution in [0.1, 0.15) is 11.1 Å². The minimum Gasteiger partial charge on any atom is -0.368 e. The Bertz CT molecular complexity index is 1160. The van der Waals surface area contributed by atoms with E-state index >= 15 is 0 Å². The van der Waals surface area contributed by atoms with E-state index in [1.165, 1.54) is 12.1 Å². The molecule has 2 N–H and O–H groups in total. The van der Waals surface area contributed by atoms with Gasteiger partial charge in [0, 0.05) is 30.6 Å². The molecule has 0 amide bonds. The highest BCUT2D eigenvalue weighted by molar-refractivity contribution is 7.17. The molecular weight excluding hydrogens is 385 g/mol. The Hall–Kier alpha value is -3.34. The third-order valence-corrected chi connectivity index (χ3v) is 5.39. The maximum absolute atomic E-state index is 13.3. The van der Waals surface area contributed by atoms with E-state index in [0.29, 0.717) is 18.7 Å². The lowest BCUT2D eigenvalue weighted by molar-refractivity contribution is 0.628. The molecule has 4 rings (SSSR count). The molecular formula is C22H18FN5S. The van der Waals surface area contributed by atoms with E-state index < -0.39 is 0 Å². The summed E-state index contributed by atoms with van der Waals surface area (Å²) in [6, 6.07) is 16.2. The molecule has 5 nitrogen and oxygen atoms in total. The van der Waals surface area contributed by atoms with E-state index in [0.717, 1.165) is 39.3 Å². The highest BCUT2D eigenvalue weighted by Gasteiger charge is 2.13. The monoisotopic (exact) mass is 403 g/mol. The van der Waals surface area contributed by atoms with Gasteiger partial charge >= 0.3 is 0 Å². The van der Waals surface area contributed by atoms with Crippen LogP contribution < -0.4 is 10.6 Å². The fourth-order valence-electron chi connectivity index (χ4n) is 3.10. The van der Waals surface area contributed by atoms with Crippen molar-refractivity contribution >= 4 is 27.4 Å². The Balaban J connectivity index is 1.42. The molecule has 29 heavy (non-hydrogen) atoms. The van der Waals surface area contributed by atoms with E-state index in [1.807, 2.05) is 23.6 Å². The second-order valence-corrected chi connectivity index (χ2v) is 7.33. The molecule has 2 aromatic heterocycles. The van der Waals surface area contributed by atoms with E-state index in [-0.39, 0.29) is 5.82 Å². The van der Waals surface area contributed by atoms with Crippen molar-refractivity contribution < 1.29 is 4.39 Å². The number of thiophene rings is 1. The number of nitriles is 1. The lowest BCUT2D eigenvalue weighted by Crippen LogP contribution is -2.22. The Morgan fingerprint density at radius 3 is 2.76 bits per heavy atom. The van der Waals surface area contributed by atoms with Crippen molar-refractivity contribution in [1.82, 2.24) is 15.3 Å². The summed E-state index contributed by atoms with van der Waals surface area (Å²) in [6.45, 7) is 2.11. The summed E-state index contributed by atoms with van der Waals surface area (Å²) in [6.07, 6.45) is 1.55. The van der Waals surface area contributed by atoms with Crippen molar-refractivity contribution in [3.63, 3.8) is 0 Å². The molecule has 144 valence electrons. The first kappa shape index (κ1) is 19.0. The van der Waals surface area contributed by atoms with Crippen LogP contribution in [0.15, 0.2) is 60.2 Å². The van der Waals surface area contributed by atoms with Gasteiger partial charge in [0.05, 0.1) is 17.0 Å². The molecule has 0 aliphatic rings. The summed E-state index contributed by atoms with van der Waals surface area (Å²) >= 11 is 1.54. The second kappa shape index (κ2) is 8.78. The van der Waals surface area contributed by atoms with Crippen molar-refractivity contribution in [2.75, 3.05) is 18.4 Å².